The van der Waals surface area contributed by atoms with E-state index in [-0.39, 0.29) is 25.9 Å². The minimum atomic E-state index is -1.48. The fourth-order valence-corrected chi connectivity index (χ4v) is 6.13. The normalized spacial score (nSPS) is 13.2. The maximum Gasteiger partial charge on any atom is 0.306 e. The molecule has 290 valence electrons. The van der Waals surface area contributed by atoms with Crippen molar-refractivity contribution >= 4 is 17.9 Å². The van der Waals surface area contributed by atoms with Gasteiger partial charge in [-0.2, -0.15) is 0 Å². The summed E-state index contributed by atoms with van der Waals surface area (Å²) in [4.78, 5) is 38.3. The molecule has 8 heteroatoms. The predicted octanol–water partition coefficient (Wildman–Crippen LogP) is 10.5. The molecule has 0 spiro atoms. The number of hydrogen-bond acceptors (Lipinski definition) is 8. The molecule has 2 N–H and O–H groups in total. The average molecular weight is 699 g/mol. The molecular weight excluding hydrogens is 620 g/mol. The number of ether oxygens (including phenoxy) is 3. The predicted molar refractivity (Wildman–Crippen MR) is 199 cm³/mol. The van der Waals surface area contributed by atoms with Crippen LogP contribution >= 0.6 is 0 Å². The van der Waals surface area contributed by atoms with Crippen molar-refractivity contribution in [3.8, 4) is 0 Å². The Labute approximate surface area is 301 Å². The Morgan fingerprint density at radius 3 is 1.10 bits per heavy atom. The largest absolute Gasteiger partial charge is 0.462 e. The highest BCUT2D eigenvalue weighted by Crippen LogP contribution is 2.18. The number of aliphatic hydroxyl groups is 2. The van der Waals surface area contributed by atoms with E-state index in [2.05, 4.69) is 20.8 Å². The lowest BCUT2D eigenvalue weighted by Gasteiger charge is -2.29. The van der Waals surface area contributed by atoms with Gasteiger partial charge < -0.3 is 24.4 Å². The van der Waals surface area contributed by atoms with E-state index in [4.69, 9.17) is 14.2 Å². The molecule has 0 aliphatic rings. The summed E-state index contributed by atoms with van der Waals surface area (Å²) >= 11 is 0. The standard InChI is InChI=1S/C41H78O8/c1-4-7-10-13-16-19-22-25-28-31-38(44)47-35-37(48-39(45)32-29-26-23-20-17-14-11-8-5-2)41(36(43)34-42)49-40(46)33-30-27-24-21-18-15-12-9-6-3/h36-37,41-43H,4-35H2,1-3H3/t36-,37+,41+/m1/s1. The number of carbonyl (C=O) groups excluding carboxylic acids is 3. The Morgan fingerprint density at radius 2 is 0.755 bits per heavy atom. The van der Waals surface area contributed by atoms with Crippen LogP contribution in [-0.2, 0) is 28.6 Å². The molecule has 0 aliphatic heterocycles. The minimum Gasteiger partial charge on any atom is -0.462 e. The first-order valence-corrected chi connectivity index (χ1v) is 20.7. The molecule has 49 heavy (non-hydrogen) atoms. The molecule has 0 aromatic rings. The highest BCUT2D eigenvalue weighted by molar-refractivity contribution is 5.71. The van der Waals surface area contributed by atoms with Crippen molar-refractivity contribution < 1.29 is 38.8 Å². The SMILES string of the molecule is CCCCCCCCCCCC(=O)OC[C@H](OC(=O)CCCCCCCCCCC)[C@@H](OC(=O)CCCCCCCCCCC)[C@H](O)CO. The molecular formula is C41H78O8. The smallest absolute Gasteiger partial charge is 0.306 e. The molecule has 0 fully saturated rings. The van der Waals surface area contributed by atoms with Crippen LogP contribution in [0.4, 0.5) is 0 Å². The van der Waals surface area contributed by atoms with Gasteiger partial charge in [-0.15, -0.1) is 0 Å². The van der Waals surface area contributed by atoms with Crippen molar-refractivity contribution in [1.82, 2.24) is 0 Å². The second-order valence-corrected chi connectivity index (χ2v) is 14.2. The fourth-order valence-electron chi connectivity index (χ4n) is 6.13. The average Bonchev–Trinajstić information content (AvgIpc) is 3.10. The molecule has 0 amide bonds. The second-order valence-electron chi connectivity index (χ2n) is 14.2. The summed E-state index contributed by atoms with van der Waals surface area (Å²) in [6.07, 6.45) is 26.9. The minimum absolute atomic E-state index is 0.169. The van der Waals surface area contributed by atoms with E-state index in [9.17, 15) is 24.6 Å². The van der Waals surface area contributed by atoms with Crippen molar-refractivity contribution in [2.45, 2.75) is 232 Å². The molecule has 8 nitrogen and oxygen atoms in total. The van der Waals surface area contributed by atoms with Gasteiger partial charge in [0, 0.05) is 19.3 Å². The zero-order chi connectivity index (χ0) is 36.2. The summed E-state index contributed by atoms with van der Waals surface area (Å²) in [6.45, 7) is 5.61. The molecule has 0 unspecified atom stereocenters. The van der Waals surface area contributed by atoms with Gasteiger partial charge >= 0.3 is 17.9 Å². The van der Waals surface area contributed by atoms with E-state index in [1.165, 1.54) is 103 Å². The highest BCUT2D eigenvalue weighted by atomic mass is 16.6. The molecule has 0 bridgehead atoms. The number of esters is 3. The number of unbranched alkanes of at least 4 members (excludes halogenated alkanes) is 24. The lowest BCUT2D eigenvalue weighted by atomic mass is 10.1. The first kappa shape index (κ1) is 47.3. The van der Waals surface area contributed by atoms with Gasteiger partial charge in [0.2, 0.25) is 0 Å². The summed E-state index contributed by atoms with van der Waals surface area (Å²) < 4.78 is 16.8. The third kappa shape index (κ3) is 30.8. The summed E-state index contributed by atoms with van der Waals surface area (Å²) in [5, 5.41) is 20.4. The van der Waals surface area contributed by atoms with Crippen LogP contribution in [0.1, 0.15) is 213 Å². The highest BCUT2D eigenvalue weighted by Gasteiger charge is 2.35. The van der Waals surface area contributed by atoms with Crippen LogP contribution in [0.15, 0.2) is 0 Å². The Balaban J connectivity index is 4.92. The summed E-state index contributed by atoms with van der Waals surface area (Å²) in [5.41, 5.74) is 0. The van der Waals surface area contributed by atoms with E-state index in [0.29, 0.717) is 19.3 Å². The van der Waals surface area contributed by atoms with Crippen LogP contribution in [0.25, 0.3) is 0 Å². The Kier molecular flexibility index (Phi) is 34.9. The lowest BCUT2D eigenvalue weighted by molar-refractivity contribution is -0.187. The first-order valence-electron chi connectivity index (χ1n) is 20.7. The van der Waals surface area contributed by atoms with Crippen molar-refractivity contribution in [1.29, 1.82) is 0 Å². The molecule has 0 aliphatic carbocycles. The topological polar surface area (TPSA) is 119 Å². The van der Waals surface area contributed by atoms with Crippen molar-refractivity contribution in [3.63, 3.8) is 0 Å². The van der Waals surface area contributed by atoms with Crippen LogP contribution in [0.5, 0.6) is 0 Å². The Bertz CT molecular complexity index is 758. The molecule has 0 saturated heterocycles. The van der Waals surface area contributed by atoms with Crippen molar-refractivity contribution in [2.75, 3.05) is 13.2 Å². The maximum absolute atomic E-state index is 12.9. The van der Waals surface area contributed by atoms with E-state index in [1.54, 1.807) is 0 Å². The maximum atomic E-state index is 12.9. The van der Waals surface area contributed by atoms with Crippen LogP contribution < -0.4 is 0 Å². The second kappa shape index (κ2) is 36.1. The molecule has 0 radical (unpaired) electrons. The van der Waals surface area contributed by atoms with Gasteiger partial charge in [-0.3, -0.25) is 14.4 Å². The summed E-state index contributed by atoms with van der Waals surface area (Å²) in [7, 11) is 0. The zero-order valence-electron chi connectivity index (χ0n) is 32.2. The van der Waals surface area contributed by atoms with Gasteiger partial charge in [0.05, 0.1) is 6.61 Å². The third-order valence-electron chi connectivity index (χ3n) is 9.35. The Morgan fingerprint density at radius 1 is 0.449 bits per heavy atom. The van der Waals surface area contributed by atoms with Gasteiger partial charge in [0.25, 0.3) is 0 Å². The summed E-state index contributed by atoms with van der Waals surface area (Å²) in [5.74, 6) is -1.43. The van der Waals surface area contributed by atoms with Gasteiger partial charge in [-0.1, -0.05) is 175 Å². The van der Waals surface area contributed by atoms with Gasteiger partial charge in [-0.25, -0.2) is 0 Å². The number of carbonyl (C=O) groups is 3. The molecule has 0 aromatic carbocycles. The van der Waals surface area contributed by atoms with Crippen molar-refractivity contribution in [3.05, 3.63) is 0 Å². The first-order chi connectivity index (χ1) is 23.9. The van der Waals surface area contributed by atoms with Gasteiger partial charge in [0.1, 0.15) is 12.7 Å². The molecule has 0 aromatic heterocycles. The number of aliphatic hydroxyl groups excluding tert-OH is 2. The summed E-state index contributed by atoms with van der Waals surface area (Å²) in [6, 6.07) is 0. The van der Waals surface area contributed by atoms with Crippen LogP contribution in [0.3, 0.4) is 0 Å². The lowest BCUT2D eigenvalue weighted by Crippen LogP contribution is -2.47. The van der Waals surface area contributed by atoms with E-state index in [0.717, 1.165) is 51.4 Å². The van der Waals surface area contributed by atoms with Crippen LogP contribution in [-0.4, -0.2) is 59.6 Å². The number of hydrogen-bond donors (Lipinski definition) is 2. The molecule has 0 heterocycles. The third-order valence-corrected chi connectivity index (χ3v) is 9.35. The van der Waals surface area contributed by atoms with E-state index in [1.807, 2.05) is 0 Å². The molecule has 0 saturated carbocycles. The van der Waals surface area contributed by atoms with Crippen LogP contribution in [0.2, 0.25) is 0 Å². The van der Waals surface area contributed by atoms with Crippen LogP contribution in [0, 0.1) is 0 Å². The fraction of sp³-hybridized carbons (Fsp3) is 0.927. The Hall–Kier alpha value is -1.67. The van der Waals surface area contributed by atoms with Gasteiger partial charge in [-0.05, 0) is 19.3 Å². The monoisotopic (exact) mass is 699 g/mol. The van der Waals surface area contributed by atoms with Crippen molar-refractivity contribution in [2.24, 2.45) is 0 Å². The van der Waals surface area contributed by atoms with E-state index >= 15 is 0 Å². The molecule has 3 atom stereocenters. The molecule has 0 rings (SSSR count). The van der Waals surface area contributed by atoms with E-state index < -0.39 is 42.8 Å². The van der Waals surface area contributed by atoms with Gasteiger partial charge in [0.15, 0.2) is 12.2 Å². The zero-order valence-corrected chi connectivity index (χ0v) is 32.2. The number of rotatable bonds is 37. The quantitative estimate of drug-likeness (QED) is 0.0374.